The lowest BCUT2D eigenvalue weighted by molar-refractivity contribution is 0.361. The lowest BCUT2D eigenvalue weighted by Crippen LogP contribution is -1.80. The molecule has 0 aromatic heterocycles. The van der Waals surface area contributed by atoms with Gasteiger partial charge in [0.15, 0.2) is 6.40 Å². The maximum Gasteiger partial charge on any atom is 0.239 e. The second-order valence-corrected chi connectivity index (χ2v) is 6.43. The van der Waals surface area contributed by atoms with Crippen molar-refractivity contribution in [1.82, 2.24) is 0 Å². The first kappa shape index (κ1) is 10.4. The number of hydrogen-bond donors (Lipinski definition) is 3. The van der Waals surface area contributed by atoms with Gasteiger partial charge in [-0.3, -0.25) is 4.99 Å². The third-order valence-electron chi connectivity index (χ3n) is 0.487. The van der Waals surface area contributed by atoms with Gasteiger partial charge in [-0.05, 0) is 11.8 Å². The zero-order valence-electron chi connectivity index (χ0n) is 5.04. The van der Waals surface area contributed by atoms with E-state index in [0.717, 1.165) is 13.2 Å². The van der Waals surface area contributed by atoms with Gasteiger partial charge in [-0.25, -0.2) is 0 Å². The highest BCUT2D eigenvalue weighted by Gasteiger charge is 1.90. The Labute approximate surface area is 69.3 Å². The molecule has 2 N–H and O–H groups in total. The SMILES string of the molecule is C1=NCCO1.OP(O)(=S)S. The van der Waals surface area contributed by atoms with Crippen LogP contribution in [0.25, 0.3) is 0 Å². The van der Waals surface area contributed by atoms with E-state index in [1.54, 1.807) is 0 Å². The Balaban J connectivity index is 0.000000162. The topological polar surface area (TPSA) is 62.0 Å². The second-order valence-electron chi connectivity index (χ2n) is 1.40. The summed E-state index contributed by atoms with van der Waals surface area (Å²) < 4.78 is 4.65. The Morgan fingerprint density at radius 3 is 2.30 bits per heavy atom. The quantitative estimate of drug-likeness (QED) is 0.386. The van der Waals surface area contributed by atoms with Crippen LogP contribution in [0.15, 0.2) is 4.99 Å². The molecule has 0 saturated carbocycles. The normalized spacial score (nSPS) is 15.5. The van der Waals surface area contributed by atoms with Gasteiger partial charge in [0.25, 0.3) is 0 Å². The average Bonchev–Trinajstić information content (AvgIpc) is 2.07. The Morgan fingerprint density at radius 2 is 2.20 bits per heavy atom. The zero-order valence-corrected chi connectivity index (χ0v) is 7.65. The monoisotopic (exact) mass is 201 g/mol. The van der Waals surface area contributed by atoms with Gasteiger partial charge in [0.05, 0.1) is 6.54 Å². The molecule has 0 saturated heterocycles. The van der Waals surface area contributed by atoms with Crippen LogP contribution in [0.1, 0.15) is 0 Å². The highest BCUT2D eigenvalue weighted by Crippen LogP contribution is 2.39. The number of hydrogen-bond acceptors (Lipinski definition) is 3. The molecule has 1 rings (SSSR count). The number of thiol groups is 1. The van der Waals surface area contributed by atoms with E-state index in [1.807, 2.05) is 0 Å². The summed E-state index contributed by atoms with van der Waals surface area (Å²) in [5, 5.41) is 0. The smallest absolute Gasteiger partial charge is 0.239 e. The number of ether oxygens (including phenoxy) is 1. The van der Waals surface area contributed by atoms with E-state index in [4.69, 9.17) is 9.79 Å². The van der Waals surface area contributed by atoms with Crippen molar-refractivity contribution in [3.63, 3.8) is 0 Å². The highest BCUT2D eigenvalue weighted by atomic mass is 32.9. The molecule has 1 aliphatic heterocycles. The summed E-state index contributed by atoms with van der Waals surface area (Å²) in [4.78, 5) is 19.5. The van der Waals surface area contributed by atoms with Crippen molar-refractivity contribution in [2.45, 2.75) is 0 Å². The van der Waals surface area contributed by atoms with E-state index < -0.39 is 5.69 Å². The van der Waals surface area contributed by atoms with E-state index in [2.05, 4.69) is 33.8 Å². The first-order chi connectivity index (χ1) is 4.50. The predicted molar refractivity (Wildman–Crippen MR) is 47.0 cm³/mol. The van der Waals surface area contributed by atoms with E-state index in [-0.39, 0.29) is 0 Å². The summed E-state index contributed by atoms with van der Waals surface area (Å²) in [6.45, 7) is 1.62. The molecule has 0 aliphatic carbocycles. The van der Waals surface area contributed by atoms with Crippen LogP contribution in [0, 0.1) is 0 Å². The molecule has 0 fully saturated rings. The van der Waals surface area contributed by atoms with E-state index in [0.29, 0.717) is 0 Å². The van der Waals surface area contributed by atoms with Crippen LogP contribution in [-0.2, 0) is 16.5 Å². The van der Waals surface area contributed by atoms with Gasteiger partial charge in [0, 0.05) is 0 Å². The molecule has 0 bridgehead atoms. The molecule has 7 heteroatoms. The fraction of sp³-hybridized carbons (Fsp3) is 0.667. The highest BCUT2D eigenvalue weighted by molar-refractivity contribution is 8.59. The van der Waals surface area contributed by atoms with Crippen LogP contribution in [0.3, 0.4) is 0 Å². The fourth-order valence-electron chi connectivity index (χ4n) is 0.264. The van der Waals surface area contributed by atoms with Gasteiger partial charge in [-0.2, -0.15) is 0 Å². The lowest BCUT2D eigenvalue weighted by Gasteiger charge is -1.88. The van der Waals surface area contributed by atoms with Crippen molar-refractivity contribution in [3.8, 4) is 0 Å². The Hall–Kier alpha value is 0.390. The molecule has 0 spiro atoms. The second kappa shape index (κ2) is 5.09. The molecule has 60 valence electrons. The molecule has 0 aromatic carbocycles. The fourth-order valence-corrected chi connectivity index (χ4v) is 0.264. The molecule has 0 aromatic rings. The minimum absolute atomic E-state index is 0.778. The standard InChI is InChI=1S/C3H5NO.H3O2PS2/c1-2-5-3-4-1;1-3(2,4)5/h3H,1-2H2;(H3,1,2,4,5). The van der Waals surface area contributed by atoms with Crippen LogP contribution >= 0.6 is 17.9 Å². The Morgan fingerprint density at radius 1 is 1.70 bits per heavy atom. The minimum Gasteiger partial charge on any atom is -0.482 e. The van der Waals surface area contributed by atoms with Crippen molar-refractivity contribution < 1.29 is 14.5 Å². The first-order valence-corrected chi connectivity index (χ1v) is 6.24. The Kier molecular flexibility index (Phi) is 5.29. The molecule has 0 radical (unpaired) electrons. The van der Waals surface area contributed by atoms with Crippen molar-refractivity contribution >= 4 is 36.1 Å². The average molecular weight is 201 g/mol. The minimum atomic E-state index is -3.11. The van der Waals surface area contributed by atoms with Gasteiger partial charge in [-0.15, -0.1) is 0 Å². The number of rotatable bonds is 0. The molecule has 1 heterocycles. The van der Waals surface area contributed by atoms with Crippen molar-refractivity contribution in [2.75, 3.05) is 13.2 Å². The van der Waals surface area contributed by atoms with Gasteiger partial charge in [0.1, 0.15) is 6.61 Å². The van der Waals surface area contributed by atoms with Crippen LogP contribution < -0.4 is 0 Å². The molecule has 0 unspecified atom stereocenters. The van der Waals surface area contributed by atoms with Crippen molar-refractivity contribution in [3.05, 3.63) is 0 Å². The van der Waals surface area contributed by atoms with E-state index in [1.165, 1.54) is 6.40 Å². The zero-order chi connectivity index (χ0) is 8.04. The summed E-state index contributed by atoms with van der Waals surface area (Å²) in [6, 6.07) is 0. The Bertz CT molecular complexity index is 142. The van der Waals surface area contributed by atoms with Crippen LogP contribution in [0.4, 0.5) is 0 Å². The molecule has 0 atom stereocenters. The van der Waals surface area contributed by atoms with E-state index >= 15 is 0 Å². The van der Waals surface area contributed by atoms with Crippen LogP contribution in [-0.4, -0.2) is 29.3 Å². The molecule has 4 nitrogen and oxygen atoms in total. The molecular weight excluding hydrogens is 193 g/mol. The molecule has 1 aliphatic rings. The van der Waals surface area contributed by atoms with Crippen molar-refractivity contribution in [2.24, 2.45) is 4.99 Å². The largest absolute Gasteiger partial charge is 0.482 e. The maximum atomic E-state index is 7.87. The molecule has 10 heavy (non-hydrogen) atoms. The molecule has 0 amide bonds. The van der Waals surface area contributed by atoms with E-state index in [9.17, 15) is 0 Å². The summed E-state index contributed by atoms with van der Waals surface area (Å²) in [7, 11) is 0. The summed E-state index contributed by atoms with van der Waals surface area (Å²) >= 11 is 7.07. The lowest BCUT2D eigenvalue weighted by atomic mass is 10.8. The maximum absolute atomic E-state index is 7.87. The van der Waals surface area contributed by atoms with Gasteiger partial charge >= 0.3 is 0 Å². The van der Waals surface area contributed by atoms with Gasteiger partial charge in [0.2, 0.25) is 5.69 Å². The third-order valence-corrected chi connectivity index (χ3v) is 0.487. The summed E-state index contributed by atoms with van der Waals surface area (Å²) in [5.41, 5.74) is -3.11. The number of aliphatic imine (C=N–C) groups is 1. The van der Waals surface area contributed by atoms with Crippen LogP contribution in [0.5, 0.6) is 0 Å². The third kappa shape index (κ3) is 15.8. The predicted octanol–water partition coefficient (Wildman–Crippen LogP) is 0.170. The molecular formula is C3H8NO3PS2. The van der Waals surface area contributed by atoms with Gasteiger partial charge in [-0.1, -0.05) is 12.2 Å². The number of nitrogens with zero attached hydrogens (tertiary/aromatic N) is 1. The first-order valence-electron chi connectivity index (χ1n) is 2.38. The summed E-state index contributed by atoms with van der Waals surface area (Å²) in [5.74, 6) is 0. The van der Waals surface area contributed by atoms with Crippen molar-refractivity contribution in [1.29, 1.82) is 0 Å². The van der Waals surface area contributed by atoms with Crippen LogP contribution in [0.2, 0.25) is 0 Å². The summed E-state index contributed by atoms with van der Waals surface area (Å²) in [6.07, 6.45) is 1.49. The van der Waals surface area contributed by atoms with Gasteiger partial charge < -0.3 is 14.5 Å².